The van der Waals surface area contributed by atoms with Gasteiger partial charge in [-0.05, 0) is 47.7 Å². The number of rotatable bonds is 3. The molecule has 0 unspecified atom stereocenters. The summed E-state index contributed by atoms with van der Waals surface area (Å²) in [6, 6.07) is 10.6. The number of piperazine rings is 1. The van der Waals surface area contributed by atoms with Crippen molar-refractivity contribution in [2.45, 2.75) is 17.9 Å². The summed E-state index contributed by atoms with van der Waals surface area (Å²) < 4.78 is 28.2. The Labute approximate surface area is 165 Å². The number of aromatic nitrogens is 3. The Bertz CT molecular complexity index is 1050. The lowest BCUT2D eigenvalue weighted by atomic mass is 10.2. The van der Waals surface area contributed by atoms with Gasteiger partial charge < -0.3 is 10.2 Å². The fourth-order valence-corrected chi connectivity index (χ4v) is 5.94. The summed E-state index contributed by atoms with van der Waals surface area (Å²) in [5.74, 6) is 0.781. The summed E-state index contributed by atoms with van der Waals surface area (Å²) in [4.78, 5) is 11.2. The third-order valence-corrected chi connectivity index (χ3v) is 7.28. The summed E-state index contributed by atoms with van der Waals surface area (Å²) in [7, 11) is -3.72. The Morgan fingerprint density at radius 2 is 2.00 bits per heavy atom. The van der Waals surface area contributed by atoms with Gasteiger partial charge in [-0.15, -0.1) is 0 Å². The van der Waals surface area contributed by atoms with Crippen LogP contribution >= 0.6 is 22.6 Å². The molecule has 1 N–H and O–H groups in total. The number of nitrogens with one attached hydrogen (secondary N) is 1. The summed E-state index contributed by atoms with van der Waals surface area (Å²) in [5, 5.41) is 4.16. The topological polar surface area (TPSA) is 80.1 Å². The van der Waals surface area contributed by atoms with E-state index in [9.17, 15) is 8.42 Å². The highest BCUT2D eigenvalue weighted by Gasteiger charge is 2.26. The van der Waals surface area contributed by atoms with Gasteiger partial charge in [0.2, 0.25) is 0 Å². The Hall–Kier alpha value is -1.72. The maximum atomic E-state index is 13.1. The van der Waals surface area contributed by atoms with E-state index < -0.39 is 10.0 Å². The number of fused-ring (bicyclic) bond motifs is 1. The van der Waals surface area contributed by atoms with E-state index in [2.05, 4.69) is 27.1 Å². The number of benzene rings is 1. The predicted octanol–water partition coefficient (Wildman–Crippen LogP) is 2.07. The minimum absolute atomic E-state index is 0.242. The molecule has 0 saturated carbocycles. The van der Waals surface area contributed by atoms with Crippen molar-refractivity contribution in [3.63, 3.8) is 0 Å². The molecule has 3 heterocycles. The highest BCUT2D eigenvalue weighted by molar-refractivity contribution is 14.1. The van der Waals surface area contributed by atoms with Gasteiger partial charge in [0, 0.05) is 25.7 Å². The van der Waals surface area contributed by atoms with Crippen molar-refractivity contribution in [2.75, 3.05) is 24.5 Å². The zero-order chi connectivity index (χ0) is 18.3. The lowest BCUT2D eigenvalue weighted by Gasteiger charge is -2.32. The van der Waals surface area contributed by atoms with Crippen LogP contribution in [0, 0.1) is 3.70 Å². The SMILES string of the molecule is C[C@@H]1CN(c2ncnc3c2cc(I)n3S(=O)(=O)c2ccccc2)CCN1. The average Bonchev–Trinajstić information content (AvgIpc) is 2.99. The molecule has 1 aliphatic heterocycles. The normalized spacial score (nSPS) is 18.4. The third kappa shape index (κ3) is 2.97. The van der Waals surface area contributed by atoms with Crippen LogP contribution in [-0.2, 0) is 10.0 Å². The van der Waals surface area contributed by atoms with Crippen molar-refractivity contribution in [2.24, 2.45) is 0 Å². The van der Waals surface area contributed by atoms with Crippen LogP contribution in [0.2, 0.25) is 0 Å². The maximum Gasteiger partial charge on any atom is 0.270 e. The van der Waals surface area contributed by atoms with Crippen LogP contribution in [0.1, 0.15) is 6.92 Å². The molecule has 136 valence electrons. The molecule has 1 atom stereocenters. The van der Waals surface area contributed by atoms with Crippen LogP contribution in [0.4, 0.5) is 5.82 Å². The summed E-state index contributed by atoms with van der Waals surface area (Å²) in [6.45, 7) is 4.63. The Balaban J connectivity index is 1.88. The fourth-order valence-electron chi connectivity index (χ4n) is 3.25. The molecular formula is C17H18IN5O2S. The van der Waals surface area contributed by atoms with Crippen molar-refractivity contribution in [1.82, 2.24) is 19.3 Å². The Kier molecular flexibility index (Phi) is 4.61. The monoisotopic (exact) mass is 483 g/mol. The highest BCUT2D eigenvalue weighted by Crippen LogP contribution is 2.30. The standard InChI is InChI=1S/C17H18IN5O2S/c1-12-10-22(8-7-19-12)16-14-9-15(18)23(17(14)21-11-20-16)26(24,25)13-5-3-2-4-6-13/h2-6,9,11-12,19H,7-8,10H2,1H3/t12-/m1/s1. The maximum absolute atomic E-state index is 13.1. The van der Waals surface area contributed by atoms with Crippen LogP contribution in [0.5, 0.6) is 0 Å². The highest BCUT2D eigenvalue weighted by atomic mass is 127. The van der Waals surface area contributed by atoms with Crippen LogP contribution in [-0.4, -0.2) is 48.0 Å². The van der Waals surface area contributed by atoms with Gasteiger partial charge in [-0.3, -0.25) is 0 Å². The lowest BCUT2D eigenvalue weighted by molar-refractivity contribution is 0.483. The minimum atomic E-state index is -3.72. The van der Waals surface area contributed by atoms with Crippen molar-refractivity contribution in [1.29, 1.82) is 0 Å². The fraction of sp³-hybridized carbons (Fsp3) is 0.294. The van der Waals surface area contributed by atoms with Crippen molar-refractivity contribution < 1.29 is 8.42 Å². The smallest absolute Gasteiger partial charge is 0.270 e. The molecule has 0 bridgehead atoms. The van der Waals surface area contributed by atoms with Gasteiger partial charge in [-0.2, -0.15) is 0 Å². The lowest BCUT2D eigenvalue weighted by Crippen LogP contribution is -2.49. The molecule has 2 aromatic heterocycles. The van der Waals surface area contributed by atoms with Crippen molar-refractivity contribution in [3.05, 3.63) is 46.4 Å². The second-order valence-corrected chi connectivity index (χ2v) is 9.18. The molecule has 26 heavy (non-hydrogen) atoms. The van der Waals surface area contributed by atoms with Crippen LogP contribution in [0.15, 0.2) is 47.6 Å². The summed E-state index contributed by atoms with van der Waals surface area (Å²) in [6.07, 6.45) is 1.44. The van der Waals surface area contributed by atoms with Gasteiger partial charge in [-0.25, -0.2) is 22.4 Å². The van der Waals surface area contributed by atoms with Gasteiger partial charge in [-0.1, -0.05) is 18.2 Å². The first-order chi connectivity index (χ1) is 12.5. The van der Waals surface area contributed by atoms with E-state index in [-0.39, 0.29) is 4.90 Å². The Morgan fingerprint density at radius 3 is 2.73 bits per heavy atom. The number of nitrogens with zero attached hydrogens (tertiary/aromatic N) is 4. The zero-order valence-corrected chi connectivity index (χ0v) is 17.1. The zero-order valence-electron chi connectivity index (χ0n) is 14.1. The molecule has 0 aliphatic carbocycles. The van der Waals surface area contributed by atoms with E-state index in [0.717, 1.165) is 30.8 Å². The molecule has 0 radical (unpaired) electrons. The van der Waals surface area contributed by atoms with E-state index in [1.807, 2.05) is 28.7 Å². The largest absolute Gasteiger partial charge is 0.353 e. The minimum Gasteiger partial charge on any atom is -0.353 e. The molecule has 1 saturated heterocycles. The van der Waals surface area contributed by atoms with Crippen molar-refractivity contribution in [3.8, 4) is 0 Å². The van der Waals surface area contributed by atoms with Crippen molar-refractivity contribution >= 4 is 49.5 Å². The second-order valence-electron chi connectivity index (χ2n) is 6.29. The average molecular weight is 483 g/mol. The first-order valence-electron chi connectivity index (χ1n) is 8.29. The number of hydrogen-bond acceptors (Lipinski definition) is 6. The van der Waals surface area contributed by atoms with E-state index in [4.69, 9.17) is 0 Å². The van der Waals surface area contributed by atoms with Crippen LogP contribution in [0.25, 0.3) is 11.0 Å². The molecule has 0 spiro atoms. The third-order valence-electron chi connectivity index (χ3n) is 4.44. The quantitative estimate of drug-likeness (QED) is 0.575. The van der Waals surface area contributed by atoms with Gasteiger partial charge in [0.1, 0.15) is 12.1 Å². The van der Waals surface area contributed by atoms with Crippen LogP contribution < -0.4 is 10.2 Å². The van der Waals surface area contributed by atoms with Gasteiger partial charge in [0.05, 0.1) is 14.0 Å². The number of hydrogen-bond donors (Lipinski definition) is 1. The van der Waals surface area contributed by atoms with Gasteiger partial charge >= 0.3 is 0 Å². The molecule has 1 fully saturated rings. The number of halogens is 1. The number of anilines is 1. The molecule has 4 rings (SSSR count). The van der Waals surface area contributed by atoms with Crippen LogP contribution in [0.3, 0.4) is 0 Å². The predicted molar refractivity (Wildman–Crippen MR) is 109 cm³/mol. The molecule has 7 nitrogen and oxygen atoms in total. The Morgan fingerprint density at radius 1 is 1.23 bits per heavy atom. The molecule has 3 aromatic rings. The van der Waals surface area contributed by atoms with E-state index in [0.29, 0.717) is 15.4 Å². The molecule has 1 aromatic carbocycles. The first kappa shape index (κ1) is 17.7. The molecular weight excluding hydrogens is 465 g/mol. The van der Waals surface area contributed by atoms with Gasteiger partial charge in [0.25, 0.3) is 10.0 Å². The van der Waals surface area contributed by atoms with E-state index in [1.165, 1.54) is 10.3 Å². The summed E-state index contributed by atoms with van der Waals surface area (Å²) in [5.41, 5.74) is 0.412. The van der Waals surface area contributed by atoms with E-state index >= 15 is 0 Å². The summed E-state index contributed by atoms with van der Waals surface area (Å²) >= 11 is 2.04. The molecule has 0 amide bonds. The van der Waals surface area contributed by atoms with Gasteiger partial charge in [0.15, 0.2) is 5.65 Å². The molecule has 9 heteroatoms. The second kappa shape index (κ2) is 6.78. The molecule has 1 aliphatic rings. The first-order valence-corrected chi connectivity index (χ1v) is 10.8. The van der Waals surface area contributed by atoms with E-state index in [1.54, 1.807) is 30.3 Å².